The number of alkyl carbamates (subject to hydrolysis) is 1. The zero-order valence-corrected chi connectivity index (χ0v) is 18.7. The van der Waals surface area contributed by atoms with Crippen LogP contribution in [0.1, 0.15) is 50.3 Å². The SMILES string of the molecule is CC(C)(C)OC(=O)NCCCC(=O)NCc1ccc(CN2CCc3ccccc32)cc1. The summed E-state index contributed by atoms with van der Waals surface area (Å²) in [5.41, 5.74) is 4.57. The monoisotopic (exact) mass is 423 g/mol. The average Bonchev–Trinajstić information content (AvgIpc) is 3.12. The zero-order chi connectivity index (χ0) is 22.3. The molecule has 0 saturated carbocycles. The van der Waals surface area contributed by atoms with Crippen LogP contribution < -0.4 is 15.5 Å². The molecule has 0 saturated heterocycles. The number of fused-ring (bicyclic) bond motifs is 1. The molecule has 0 aromatic heterocycles. The van der Waals surface area contributed by atoms with Gasteiger partial charge in [-0.1, -0.05) is 42.5 Å². The lowest BCUT2D eigenvalue weighted by atomic mass is 10.1. The van der Waals surface area contributed by atoms with E-state index in [1.54, 1.807) is 0 Å². The minimum absolute atomic E-state index is 0.0243. The molecule has 1 aliphatic heterocycles. The molecule has 2 aromatic carbocycles. The lowest BCUT2D eigenvalue weighted by Gasteiger charge is -2.19. The standard InChI is InChI=1S/C25H33N3O3/c1-25(2,3)31-24(30)26-15-6-9-23(29)27-17-19-10-12-20(13-11-19)18-28-16-14-21-7-4-5-8-22(21)28/h4-5,7-8,10-13H,6,9,14-18H2,1-3H3,(H,26,30)(H,27,29). The number of hydrogen-bond acceptors (Lipinski definition) is 4. The first-order valence-corrected chi connectivity index (χ1v) is 10.9. The molecular weight excluding hydrogens is 390 g/mol. The predicted octanol–water partition coefficient (Wildman–Crippen LogP) is 4.17. The Bertz CT molecular complexity index is 888. The average molecular weight is 424 g/mol. The lowest BCUT2D eigenvalue weighted by Crippen LogP contribution is -2.33. The number of carbonyl (C=O) groups excluding carboxylic acids is 2. The van der Waals surface area contributed by atoms with Crippen LogP contribution in [0.5, 0.6) is 0 Å². The van der Waals surface area contributed by atoms with Gasteiger partial charge in [-0.15, -0.1) is 0 Å². The van der Waals surface area contributed by atoms with E-state index in [1.165, 1.54) is 16.8 Å². The van der Waals surface area contributed by atoms with Crippen LogP contribution in [0.2, 0.25) is 0 Å². The molecule has 1 aliphatic rings. The highest BCUT2D eigenvalue weighted by Crippen LogP contribution is 2.28. The molecule has 2 amide bonds. The fraction of sp³-hybridized carbons (Fsp3) is 0.440. The minimum Gasteiger partial charge on any atom is -0.444 e. The summed E-state index contributed by atoms with van der Waals surface area (Å²) in [7, 11) is 0. The zero-order valence-electron chi connectivity index (χ0n) is 18.7. The Labute approximate surface area is 185 Å². The summed E-state index contributed by atoms with van der Waals surface area (Å²) in [6.45, 7) is 8.32. The van der Waals surface area contributed by atoms with Crippen molar-refractivity contribution < 1.29 is 14.3 Å². The fourth-order valence-corrected chi connectivity index (χ4v) is 3.60. The van der Waals surface area contributed by atoms with Crippen LogP contribution in [0.25, 0.3) is 0 Å². The minimum atomic E-state index is -0.518. The van der Waals surface area contributed by atoms with Crippen molar-refractivity contribution in [3.63, 3.8) is 0 Å². The molecule has 0 bridgehead atoms. The van der Waals surface area contributed by atoms with Crippen molar-refractivity contribution in [2.75, 3.05) is 18.0 Å². The van der Waals surface area contributed by atoms with Crippen LogP contribution in [-0.2, 0) is 29.0 Å². The second-order valence-corrected chi connectivity index (χ2v) is 8.93. The maximum Gasteiger partial charge on any atom is 0.407 e. The van der Waals surface area contributed by atoms with Crippen LogP contribution in [0.15, 0.2) is 48.5 Å². The molecule has 0 radical (unpaired) electrons. The predicted molar refractivity (Wildman–Crippen MR) is 123 cm³/mol. The molecule has 0 aliphatic carbocycles. The van der Waals surface area contributed by atoms with Gasteiger partial charge in [0.05, 0.1) is 0 Å². The molecule has 2 N–H and O–H groups in total. The van der Waals surface area contributed by atoms with Gasteiger partial charge in [0.1, 0.15) is 5.60 Å². The van der Waals surface area contributed by atoms with Gasteiger partial charge in [-0.2, -0.15) is 0 Å². The van der Waals surface area contributed by atoms with E-state index in [0.29, 0.717) is 25.9 Å². The highest BCUT2D eigenvalue weighted by molar-refractivity contribution is 5.76. The number of hydrogen-bond donors (Lipinski definition) is 2. The summed E-state index contributed by atoms with van der Waals surface area (Å²) in [6, 6.07) is 17.0. The molecule has 6 nitrogen and oxygen atoms in total. The third-order valence-electron chi connectivity index (χ3n) is 5.12. The van der Waals surface area contributed by atoms with E-state index in [0.717, 1.165) is 25.1 Å². The van der Waals surface area contributed by atoms with Gasteiger partial charge < -0.3 is 20.3 Å². The molecular formula is C25H33N3O3. The van der Waals surface area contributed by atoms with E-state index in [2.05, 4.69) is 64.1 Å². The number of benzene rings is 2. The maximum absolute atomic E-state index is 12.0. The van der Waals surface area contributed by atoms with E-state index < -0.39 is 11.7 Å². The summed E-state index contributed by atoms with van der Waals surface area (Å²) in [4.78, 5) is 26.0. The number of nitrogens with zero attached hydrogens (tertiary/aromatic N) is 1. The van der Waals surface area contributed by atoms with Crippen LogP contribution in [0.3, 0.4) is 0 Å². The quantitative estimate of drug-likeness (QED) is 0.625. The molecule has 0 spiro atoms. The molecule has 166 valence electrons. The van der Waals surface area contributed by atoms with Gasteiger partial charge in [-0.05, 0) is 56.4 Å². The van der Waals surface area contributed by atoms with Crippen LogP contribution in [0, 0.1) is 0 Å². The highest BCUT2D eigenvalue weighted by Gasteiger charge is 2.18. The molecule has 2 aromatic rings. The van der Waals surface area contributed by atoms with Gasteiger partial charge in [-0.3, -0.25) is 4.79 Å². The summed E-state index contributed by atoms with van der Waals surface area (Å²) < 4.78 is 5.17. The number of ether oxygens (including phenoxy) is 1. The topological polar surface area (TPSA) is 70.7 Å². The molecule has 0 unspecified atom stereocenters. The lowest BCUT2D eigenvalue weighted by molar-refractivity contribution is -0.121. The normalized spacial score (nSPS) is 12.9. The summed E-state index contributed by atoms with van der Waals surface area (Å²) in [5.74, 6) is -0.0243. The Morgan fingerprint density at radius 1 is 1.00 bits per heavy atom. The third-order valence-corrected chi connectivity index (χ3v) is 5.12. The first-order valence-electron chi connectivity index (χ1n) is 10.9. The van der Waals surface area contributed by atoms with E-state index in [1.807, 2.05) is 20.8 Å². The van der Waals surface area contributed by atoms with Gasteiger partial charge in [-0.25, -0.2) is 4.79 Å². The Morgan fingerprint density at radius 2 is 1.71 bits per heavy atom. The van der Waals surface area contributed by atoms with E-state index in [4.69, 9.17) is 4.74 Å². The largest absolute Gasteiger partial charge is 0.444 e. The number of para-hydroxylation sites is 1. The Kier molecular flexibility index (Phi) is 7.55. The molecule has 3 rings (SSSR count). The van der Waals surface area contributed by atoms with Gasteiger partial charge in [0.25, 0.3) is 0 Å². The van der Waals surface area contributed by atoms with Crippen molar-refractivity contribution in [2.45, 2.75) is 58.7 Å². The van der Waals surface area contributed by atoms with Gasteiger partial charge >= 0.3 is 6.09 Å². The fourth-order valence-electron chi connectivity index (χ4n) is 3.60. The van der Waals surface area contributed by atoms with Crippen molar-refractivity contribution in [1.29, 1.82) is 0 Å². The number of rotatable bonds is 8. The Hall–Kier alpha value is -3.02. The Morgan fingerprint density at radius 3 is 2.45 bits per heavy atom. The van der Waals surface area contributed by atoms with E-state index >= 15 is 0 Å². The van der Waals surface area contributed by atoms with Crippen LogP contribution in [0.4, 0.5) is 10.5 Å². The first kappa shape index (κ1) is 22.7. The molecule has 31 heavy (non-hydrogen) atoms. The first-order chi connectivity index (χ1) is 14.8. The second-order valence-electron chi connectivity index (χ2n) is 8.93. The van der Waals surface area contributed by atoms with E-state index in [-0.39, 0.29) is 5.91 Å². The van der Waals surface area contributed by atoms with Crippen LogP contribution >= 0.6 is 0 Å². The van der Waals surface area contributed by atoms with Crippen molar-refractivity contribution in [1.82, 2.24) is 10.6 Å². The maximum atomic E-state index is 12.0. The van der Waals surface area contributed by atoms with Gasteiger partial charge in [0.15, 0.2) is 0 Å². The Balaban J connectivity index is 1.35. The number of amides is 2. The molecule has 0 atom stereocenters. The number of anilines is 1. The summed E-state index contributed by atoms with van der Waals surface area (Å²) >= 11 is 0. The molecule has 1 heterocycles. The molecule has 0 fully saturated rings. The van der Waals surface area contributed by atoms with Gasteiger partial charge in [0.2, 0.25) is 5.91 Å². The number of carbonyl (C=O) groups is 2. The van der Waals surface area contributed by atoms with Gasteiger partial charge in [0, 0.05) is 38.3 Å². The smallest absolute Gasteiger partial charge is 0.407 e. The van der Waals surface area contributed by atoms with E-state index in [9.17, 15) is 9.59 Å². The van der Waals surface area contributed by atoms with Crippen molar-refractivity contribution in [3.8, 4) is 0 Å². The molecule has 6 heteroatoms. The van der Waals surface area contributed by atoms with Crippen molar-refractivity contribution in [3.05, 3.63) is 65.2 Å². The highest BCUT2D eigenvalue weighted by atomic mass is 16.6. The number of nitrogens with one attached hydrogen (secondary N) is 2. The van der Waals surface area contributed by atoms with Crippen molar-refractivity contribution in [2.24, 2.45) is 0 Å². The second kappa shape index (κ2) is 10.3. The van der Waals surface area contributed by atoms with Crippen LogP contribution in [-0.4, -0.2) is 30.7 Å². The van der Waals surface area contributed by atoms with Crippen molar-refractivity contribution >= 4 is 17.7 Å². The third kappa shape index (κ3) is 7.31. The summed E-state index contributed by atoms with van der Waals surface area (Å²) in [6.07, 6.45) is 1.59. The summed E-state index contributed by atoms with van der Waals surface area (Å²) in [5, 5.41) is 5.60.